The Kier molecular flexibility index (Phi) is 4.73. The Morgan fingerprint density at radius 1 is 1.19 bits per heavy atom. The van der Waals surface area contributed by atoms with Crippen LogP contribution in [-0.2, 0) is 9.59 Å². The lowest BCUT2D eigenvalue weighted by Gasteiger charge is -2.31. The molecule has 0 spiro atoms. The van der Waals surface area contributed by atoms with Crippen molar-refractivity contribution in [1.82, 2.24) is 15.1 Å². The van der Waals surface area contributed by atoms with E-state index < -0.39 is 11.8 Å². The molecule has 0 atom stereocenters. The van der Waals surface area contributed by atoms with Gasteiger partial charge in [0.1, 0.15) is 0 Å². The van der Waals surface area contributed by atoms with E-state index in [-0.39, 0.29) is 0 Å². The van der Waals surface area contributed by atoms with Crippen LogP contribution >= 0.6 is 0 Å². The zero-order valence-electron chi connectivity index (χ0n) is 10.3. The Balaban J connectivity index is 2.36. The van der Waals surface area contributed by atoms with E-state index in [4.69, 9.17) is 0 Å². The molecule has 1 fully saturated rings. The molecular weight excluding hydrogens is 206 g/mol. The van der Waals surface area contributed by atoms with Crippen LogP contribution in [0.25, 0.3) is 0 Å². The third kappa shape index (κ3) is 3.81. The van der Waals surface area contributed by atoms with Crippen molar-refractivity contribution in [3.63, 3.8) is 0 Å². The molecule has 0 radical (unpaired) electrons. The SMILES string of the molecule is CC(C)CNC(=O)C(=O)N1CCN(C)CC1. The van der Waals surface area contributed by atoms with Crippen LogP contribution in [0.3, 0.4) is 0 Å². The molecule has 5 heteroatoms. The Bertz CT molecular complexity index is 258. The van der Waals surface area contributed by atoms with Crippen LogP contribution in [0.2, 0.25) is 0 Å². The number of piperazine rings is 1. The highest BCUT2D eigenvalue weighted by atomic mass is 16.2. The van der Waals surface area contributed by atoms with E-state index in [2.05, 4.69) is 10.2 Å². The van der Waals surface area contributed by atoms with Crippen molar-refractivity contribution in [2.45, 2.75) is 13.8 Å². The number of rotatable bonds is 2. The molecular formula is C11H21N3O2. The molecule has 1 rings (SSSR count). The zero-order chi connectivity index (χ0) is 12.1. The molecule has 1 saturated heterocycles. The van der Waals surface area contributed by atoms with Gasteiger partial charge in [-0.25, -0.2) is 0 Å². The average molecular weight is 227 g/mol. The summed E-state index contributed by atoms with van der Waals surface area (Å²) in [6.45, 7) is 7.51. The number of carbonyl (C=O) groups excluding carboxylic acids is 2. The first kappa shape index (κ1) is 13.0. The summed E-state index contributed by atoms with van der Waals surface area (Å²) >= 11 is 0. The van der Waals surface area contributed by atoms with Gasteiger partial charge in [0.2, 0.25) is 0 Å². The summed E-state index contributed by atoms with van der Waals surface area (Å²) in [5.74, 6) is -0.503. The predicted octanol–water partition coefficient (Wildman–Crippen LogP) is -0.467. The van der Waals surface area contributed by atoms with Crippen molar-refractivity contribution in [2.24, 2.45) is 5.92 Å². The van der Waals surface area contributed by atoms with Gasteiger partial charge in [0.15, 0.2) is 0 Å². The van der Waals surface area contributed by atoms with Crippen molar-refractivity contribution in [3.8, 4) is 0 Å². The van der Waals surface area contributed by atoms with Crippen LogP contribution in [0.4, 0.5) is 0 Å². The molecule has 5 nitrogen and oxygen atoms in total. The van der Waals surface area contributed by atoms with Crippen molar-refractivity contribution < 1.29 is 9.59 Å². The number of nitrogens with one attached hydrogen (secondary N) is 1. The van der Waals surface area contributed by atoms with Gasteiger partial charge in [-0.05, 0) is 13.0 Å². The second-order valence-electron chi connectivity index (χ2n) is 4.70. The number of carbonyl (C=O) groups is 2. The van der Waals surface area contributed by atoms with E-state index >= 15 is 0 Å². The Labute approximate surface area is 96.8 Å². The highest BCUT2D eigenvalue weighted by Gasteiger charge is 2.24. The fourth-order valence-corrected chi connectivity index (χ4v) is 1.53. The van der Waals surface area contributed by atoms with Crippen molar-refractivity contribution in [1.29, 1.82) is 0 Å². The fourth-order valence-electron chi connectivity index (χ4n) is 1.53. The second-order valence-corrected chi connectivity index (χ2v) is 4.70. The van der Waals surface area contributed by atoms with Crippen molar-refractivity contribution in [3.05, 3.63) is 0 Å². The van der Waals surface area contributed by atoms with E-state index in [1.807, 2.05) is 20.9 Å². The zero-order valence-corrected chi connectivity index (χ0v) is 10.3. The molecule has 1 aliphatic heterocycles. The summed E-state index contributed by atoms with van der Waals surface area (Å²) in [5.41, 5.74) is 0. The monoisotopic (exact) mass is 227 g/mol. The molecule has 1 aliphatic rings. The minimum Gasteiger partial charge on any atom is -0.348 e. The van der Waals surface area contributed by atoms with Gasteiger partial charge in [0.25, 0.3) is 0 Å². The fraction of sp³-hybridized carbons (Fsp3) is 0.818. The standard InChI is InChI=1S/C11H21N3O2/c1-9(2)8-12-10(15)11(16)14-6-4-13(3)5-7-14/h9H,4-8H2,1-3H3,(H,12,15). The summed E-state index contributed by atoms with van der Waals surface area (Å²) < 4.78 is 0. The normalized spacial score (nSPS) is 17.6. The highest BCUT2D eigenvalue weighted by molar-refractivity contribution is 6.35. The first-order chi connectivity index (χ1) is 7.50. The molecule has 16 heavy (non-hydrogen) atoms. The number of hydrogen-bond donors (Lipinski definition) is 1. The molecule has 0 bridgehead atoms. The molecule has 0 saturated carbocycles. The summed E-state index contributed by atoms with van der Waals surface area (Å²) in [6.07, 6.45) is 0. The van der Waals surface area contributed by atoms with Crippen LogP contribution in [0, 0.1) is 5.92 Å². The van der Waals surface area contributed by atoms with Crippen LogP contribution < -0.4 is 5.32 Å². The van der Waals surface area contributed by atoms with E-state index in [0.29, 0.717) is 25.6 Å². The first-order valence-electron chi connectivity index (χ1n) is 5.76. The van der Waals surface area contributed by atoms with Gasteiger partial charge in [-0.1, -0.05) is 13.8 Å². The smallest absolute Gasteiger partial charge is 0.311 e. The predicted molar refractivity (Wildman–Crippen MR) is 61.9 cm³/mol. The average Bonchev–Trinajstić information content (AvgIpc) is 2.26. The van der Waals surface area contributed by atoms with E-state index in [9.17, 15) is 9.59 Å². The topological polar surface area (TPSA) is 52.7 Å². The van der Waals surface area contributed by atoms with E-state index in [1.165, 1.54) is 0 Å². The van der Waals surface area contributed by atoms with Crippen LogP contribution in [-0.4, -0.2) is 61.4 Å². The molecule has 0 aromatic rings. The van der Waals surface area contributed by atoms with Gasteiger partial charge in [-0.3, -0.25) is 9.59 Å². The van der Waals surface area contributed by atoms with Crippen LogP contribution in [0.1, 0.15) is 13.8 Å². The summed E-state index contributed by atoms with van der Waals surface area (Å²) in [4.78, 5) is 27.0. The molecule has 2 amide bonds. The van der Waals surface area contributed by atoms with Gasteiger partial charge < -0.3 is 15.1 Å². The minimum absolute atomic E-state index is 0.365. The summed E-state index contributed by atoms with van der Waals surface area (Å²) in [6, 6.07) is 0. The van der Waals surface area contributed by atoms with Crippen molar-refractivity contribution >= 4 is 11.8 Å². The molecule has 0 aromatic heterocycles. The Hall–Kier alpha value is -1.10. The van der Waals surface area contributed by atoms with Crippen LogP contribution in [0.15, 0.2) is 0 Å². The lowest BCUT2D eigenvalue weighted by Crippen LogP contribution is -2.51. The minimum atomic E-state index is -0.474. The van der Waals surface area contributed by atoms with E-state index in [0.717, 1.165) is 13.1 Å². The van der Waals surface area contributed by atoms with Crippen molar-refractivity contribution in [2.75, 3.05) is 39.8 Å². The molecule has 1 heterocycles. The third-order valence-electron chi connectivity index (χ3n) is 2.66. The van der Waals surface area contributed by atoms with Gasteiger partial charge in [0, 0.05) is 32.7 Å². The third-order valence-corrected chi connectivity index (χ3v) is 2.66. The quantitative estimate of drug-likeness (QED) is 0.649. The van der Waals surface area contributed by atoms with Gasteiger partial charge in [-0.15, -0.1) is 0 Å². The lowest BCUT2D eigenvalue weighted by molar-refractivity contribution is -0.146. The van der Waals surface area contributed by atoms with E-state index in [1.54, 1.807) is 4.90 Å². The molecule has 92 valence electrons. The largest absolute Gasteiger partial charge is 0.348 e. The summed E-state index contributed by atoms with van der Waals surface area (Å²) in [7, 11) is 2.01. The maximum Gasteiger partial charge on any atom is 0.311 e. The molecule has 0 aliphatic carbocycles. The number of amides is 2. The number of nitrogens with zero attached hydrogens (tertiary/aromatic N) is 2. The lowest BCUT2D eigenvalue weighted by atomic mass is 10.2. The maximum atomic E-state index is 11.7. The highest BCUT2D eigenvalue weighted by Crippen LogP contribution is 1.99. The molecule has 0 aromatic carbocycles. The van der Waals surface area contributed by atoms with Crippen LogP contribution in [0.5, 0.6) is 0 Å². The molecule has 0 unspecified atom stereocenters. The second kappa shape index (κ2) is 5.84. The van der Waals surface area contributed by atoms with Gasteiger partial charge in [-0.2, -0.15) is 0 Å². The van der Waals surface area contributed by atoms with Gasteiger partial charge >= 0.3 is 11.8 Å². The number of likely N-dealkylation sites (N-methyl/N-ethyl adjacent to an activating group) is 1. The maximum absolute atomic E-state index is 11.7. The Morgan fingerprint density at radius 3 is 2.25 bits per heavy atom. The molecule has 1 N–H and O–H groups in total. The van der Waals surface area contributed by atoms with Gasteiger partial charge in [0.05, 0.1) is 0 Å². The number of hydrogen-bond acceptors (Lipinski definition) is 3. The summed E-state index contributed by atoms with van der Waals surface area (Å²) in [5, 5.41) is 2.65. The first-order valence-corrected chi connectivity index (χ1v) is 5.76. The Morgan fingerprint density at radius 2 is 1.75 bits per heavy atom.